The van der Waals surface area contributed by atoms with Gasteiger partial charge in [-0.2, -0.15) is 0 Å². The quantitative estimate of drug-likeness (QED) is 0.867. The molecule has 1 heterocycles. The number of hydrogen-bond acceptors (Lipinski definition) is 3. The Balaban J connectivity index is 2.43. The number of phenols is 1. The first-order valence-electron chi connectivity index (χ1n) is 5.00. The molecule has 1 saturated heterocycles. The van der Waals surface area contributed by atoms with Gasteiger partial charge in [-0.05, 0) is 41.0 Å². The van der Waals surface area contributed by atoms with Gasteiger partial charge < -0.3 is 15.2 Å². The Morgan fingerprint density at radius 2 is 2.33 bits per heavy atom. The van der Waals surface area contributed by atoms with Crippen molar-refractivity contribution in [3.63, 3.8) is 0 Å². The molecular weight excluding hydrogens is 258 g/mol. The molecule has 1 aromatic carbocycles. The Morgan fingerprint density at radius 3 is 2.93 bits per heavy atom. The molecule has 0 aromatic heterocycles. The summed E-state index contributed by atoms with van der Waals surface area (Å²) in [6, 6.07) is 3.46. The van der Waals surface area contributed by atoms with Gasteiger partial charge in [0.25, 0.3) is 0 Å². The molecule has 1 fully saturated rings. The Hall–Kier alpha value is -0.740. The van der Waals surface area contributed by atoms with Gasteiger partial charge in [0.15, 0.2) is 0 Å². The van der Waals surface area contributed by atoms with Gasteiger partial charge in [-0.3, -0.25) is 0 Å². The van der Waals surface area contributed by atoms with E-state index in [1.165, 1.54) is 0 Å². The average molecular weight is 272 g/mol. The van der Waals surface area contributed by atoms with Gasteiger partial charge in [-0.25, -0.2) is 0 Å². The third kappa shape index (κ3) is 1.96. The first-order chi connectivity index (χ1) is 7.24. The van der Waals surface area contributed by atoms with Gasteiger partial charge in [0, 0.05) is 18.0 Å². The Bertz CT molecular complexity index is 362. The maximum Gasteiger partial charge on any atom is 0.133 e. The smallest absolute Gasteiger partial charge is 0.133 e. The zero-order valence-electron chi connectivity index (χ0n) is 8.59. The summed E-state index contributed by atoms with van der Waals surface area (Å²) in [5, 5.41) is 13.1. The van der Waals surface area contributed by atoms with Gasteiger partial charge in [-0.1, -0.05) is 0 Å². The Labute approximate surface area is 97.6 Å². The minimum Gasteiger partial charge on any atom is -0.508 e. The largest absolute Gasteiger partial charge is 0.508 e. The minimum atomic E-state index is 0.344. The SMILES string of the molecule is COc1ccc(O)c(C2CCNC2)c1Br. The molecule has 3 nitrogen and oxygen atoms in total. The van der Waals surface area contributed by atoms with Crippen LogP contribution in [-0.4, -0.2) is 25.3 Å². The first-order valence-corrected chi connectivity index (χ1v) is 5.79. The second-order valence-corrected chi connectivity index (χ2v) is 4.50. The second kappa shape index (κ2) is 4.41. The number of ether oxygens (including phenoxy) is 1. The molecule has 0 amide bonds. The van der Waals surface area contributed by atoms with Crippen LogP contribution >= 0.6 is 15.9 Å². The third-order valence-corrected chi connectivity index (χ3v) is 3.63. The molecule has 4 heteroatoms. The molecule has 1 aliphatic rings. The highest BCUT2D eigenvalue weighted by atomic mass is 79.9. The normalized spacial score (nSPS) is 20.5. The van der Waals surface area contributed by atoms with Crippen LogP contribution in [0.1, 0.15) is 17.9 Å². The summed E-state index contributed by atoms with van der Waals surface area (Å²) in [5.74, 6) is 1.49. The van der Waals surface area contributed by atoms with Crippen LogP contribution in [0.25, 0.3) is 0 Å². The van der Waals surface area contributed by atoms with Crippen molar-refractivity contribution in [1.82, 2.24) is 5.32 Å². The number of halogens is 1. The van der Waals surface area contributed by atoms with E-state index in [2.05, 4.69) is 21.2 Å². The van der Waals surface area contributed by atoms with Crippen LogP contribution in [0.4, 0.5) is 0 Å². The molecule has 2 rings (SSSR count). The van der Waals surface area contributed by atoms with Crippen molar-refractivity contribution in [2.24, 2.45) is 0 Å². The van der Waals surface area contributed by atoms with Gasteiger partial charge in [0.05, 0.1) is 11.6 Å². The van der Waals surface area contributed by atoms with Crippen LogP contribution in [0.15, 0.2) is 16.6 Å². The van der Waals surface area contributed by atoms with E-state index in [1.807, 2.05) is 0 Å². The first kappa shape index (κ1) is 10.8. The van der Waals surface area contributed by atoms with Crippen LogP contribution in [0, 0.1) is 0 Å². The zero-order chi connectivity index (χ0) is 10.8. The van der Waals surface area contributed by atoms with Crippen LogP contribution in [0.2, 0.25) is 0 Å². The molecule has 15 heavy (non-hydrogen) atoms. The zero-order valence-corrected chi connectivity index (χ0v) is 10.2. The molecule has 1 atom stereocenters. The van der Waals surface area contributed by atoms with Crippen LogP contribution < -0.4 is 10.1 Å². The third-order valence-electron chi connectivity index (χ3n) is 2.81. The van der Waals surface area contributed by atoms with Crippen molar-refractivity contribution >= 4 is 15.9 Å². The second-order valence-electron chi connectivity index (χ2n) is 3.70. The Morgan fingerprint density at radius 1 is 1.53 bits per heavy atom. The van der Waals surface area contributed by atoms with Crippen molar-refractivity contribution in [3.8, 4) is 11.5 Å². The molecule has 0 spiro atoms. The highest BCUT2D eigenvalue weighted by Crippen LogP contribution is 2.40. The average Bonchev–Trinajstić information content (AvgIpc) is 2.71. The van der Waals surface area contributed by atoms with Gasteiger partial charge in [-0.15, -0.1) is 0 Å². The van der Waals surface area contributed by atoms with Crippen LogP contribution in [0.5, 0.6) is 11.5 Å². The topological polar surface area (TPSA) is 41.5 Å². The van der Waals surface area contributed by atoms with E-state index >= 15 is 0 Å². The molecule has 0 radical (unpaired) electrons. The lowest BCUT2D eigenvalue weighted by atomic mass is 9.97. The highest BCUT2D eigenvalue weighted by Gasteiger charge is 2.23. The molecule has 0 saturated carbocycles. The van der Waals surface area contributed by atoms with Crippen molar-refractivity contribution in [1.29, 1.82) is 0 Å². The van der Waals surface area contributed by atoms with E-state index in [0.29, 0.717) is 11.7 Å². The van der Waals surface area contributed by atoms with Crippen molar-refractivity contribution < 1.29 is 9.84 Å². The molecule has 1 aromatic rings. The standard InChI is InChI=1S/C11H14BrNO2/c1-15-9-3-2-8(14)10(11(9)12)7-4-5-13-6-7/h2-3,7,13-14H,4-6H2,1H3. The molecular formula is C11H14BrNO2. The van der Waals surface area contributed by atoms with Crippen LogP contribution in [-0.2, 0) is 0 Å². The van der Waals surface area contributed by atoms with E-state index in [0.717, 1.165) is 35.3 Å². The summed E-state index contributed by atoms with van der Waals surface area (Å²) < 4.78 is 6.10. The maximum absolute atomic E-state index is 9.86. The molecule has 2 N–H and O–H groups in total. The molecule has 0 bridgehead atoms. The molecule has 1 aliphatic heterocycles. The fraction of sp³-hybridized carbons (Fsp3) is 0.455. The predicted octanol–water partition coefficient (Wildman–Crippen LogP) is 2.24. The number of methoxy groups -OCH3 is 1. The van der Waals surface area contributed by atoms with Crippen molar-refractivity contribution in [2.75, 3.05) is 20.2 Å². The number of aromatic hydroxyl groups is 1. The summed E-state index contributed by atoms with van der Waals surface area (Å²) in [6.45, 7) is 1.92. The minimum absolute atomic E-state index is 0.344. The number of hydrogen-bond donors (Lipinski definition) is 2. The summed E-state index contributed by atoms with van der Waals surface area (Å²) in [7, 11) is 1.63. The lowest BCUT2D eigenvalue weighted by molar-refractivity contribution is 0.406. The monoisotopic (exact) mass is 271 g/mol. The summed E-state index contributed by atoms with van der Waals surface area (Å²) in [4.78, 5) is 0. The van der Waals surface area contributed by atoms with E-state index in [1.54, 1.807) is 19.2 Å². The molecule has 82 valence electrons. The van der Waals surface area contributed by atoms with Gasteiger partial charge in [0.1, 0.15) is 11.5 Å². The lowest BCUT2D eigenvalue weighted by Gasteiger charge is -2.15. The van der Waals surface area contributed by atoms with Crippen LogP contribution in [0.3, 0.4) is 0 Å². The highest BCUT2D eigenvalue weighted by molar-refractivity contribution is 9.10. The van der Waals surface area contributed by atoms with Crippen molar-refractivity contribution in [2.45, 2.75) is 12.3 Å². The fourth-order valence-electron chi connectivity index (χ4n) is 2.01. The molecule has 0 aliphatic carbocycles. The number of benzene rings is 1. The lowest BCUT2D eigenvalue weighted by Crippen LogP contribution is -2.08. The van der Waals surface area contributed by atoms with Gasteiger partial charge >= 0.3 is 0 Å². The fourth-order valence-corrected chi connectivity index (χ4v) is 2.83. The van der Waals surface area contributed by atoms with E-state index in [4.69, 9.17) is 4.74 Å². The van der Waals surface area contributed by atoms with E-state index in [-0.39, 0.29) is 0 Å². The number of rotatable bonds is 2. The Kier molecular flexibility index (Phi) is 3.17. The maximum atomic E-state index is 9.86. The number of nitrogens with one attached hydrogen (secondary N) is 1. The van der Waals surface area contributed by atoms with Gasteiger partial charge in [0.2, 0.25) is 0 Å². The summed E-state index contributed by atoms with van der Waals surface area (Å²) in [5.41, 5.74) is 0.958. The van der Waals surface area contributed by atoms with Crippen molar-refractivity contribution in [3.05, 3.63) is 22.2 Å². The number of phenolic OH excluding ortho intramolecular Hbond substituents is 1. The van der Waals surface area contributed by atoms with E-state index < -0.39 is 0 Å². The molecule has 1 unspecified atom stereocenters. The van der Waals surface area contributed by atoms with E-state index in [9.17, 15) is 5.11 Å². The summed E-state index contributed by atoms with van der Waals surface area (Å²) >= 11 is 3.49. The summed E-state index contributed by atoms with van der Waals surface area (Å²) in [6.07, 6.45) is 1.05. The predicted molar refractivity (Wildman–Crippen MR) is 62.6 cm³/mol.